The van der Waals surface area contributed by atoms with Crippen molar-refractivity contribution >= 4 is 23.4 Å². The van der Waals surface area contributed by atoms with Crippen LogP contribution in [0.2, 0.25) is 0 Å². The topological polar surface area (TPSA) is 57.7 Å². The number of nitrogens with zero attached hydrogens (tertiary/aromatic N) is 2. The molecule has 0 atom stereocenters. The van der Waals surface area contributed by atoms with Gasteiger partial charge in [0.2, 0.25) is 5.91 Å². The van der Waals surface area contributed by atoms with Crippen molar-refractivity contribution in [2.45, 2.75) is 6.92 Å². The molecule has 1 aromatic carbocycles. The highest BCUT2D eigenvalue weighted by Crippen LogP contribution is 2.25. The quantitative estimate of drug-likeness (QED) is 0.531. The minimum absolute atomic E-state index is 0.205. The Bertz CT molecular complexity index is 522. The molecular weight excluding hydrogens is 220 g/mol. The zero-order chi connectivity index (χ0) is 12.6. The van der Waals surface area contributed by atoms with Crippen LogP contribution >= 0.6 is 0 Å². The molecule has 0 spiro atoms. The second-order valence-electron chi connectivity index (χ2n) is 3.57. The molecular formula is C12H10N2O3. The van der Waals surface area contributed by atoms with E-state index < -0.39 is 17.7 Å². The van der Waals surface area contributed by atoms with E-state index in [1.54, 1.807) is 30.3 Å². The van der Waals surface area contributed by atoms with Gasteiger partial charge in [-0.05, 0) is 12.1 Å². The highest BCUT2D eigenvalue weighted by molar-refractivity contribution is 6.32. The molecule has 17 heavy (non-hydrogen) atoms. The summed E-state index contributed by atoms with van der Waals surface area (Å²) in [5.41, 5.74) is 0.253. The lowest BCUT2D eigenvalue weighted by molar-refractivity contribution is -0.140. The van der Waals surface area contributed by atoms with Gasteiger partial charge in [-0.3, -0.25) is 14.4 Å². The Morgan fingerprint density at radius 2 is 1.71 bits per heavy atom. The lowest BCUT2D eigenvalue weighted by Crippen LogP contribution is -2.44. The Morgan fingerprint density at radius 1 is 1.12 bits per heavy atom. The van der Waals surface area contributed by atoms with Gasteiger partial charge in [-0.25, -0.2) is 5.01 Å². The third-order valence-corrected chi connectivity index (χ3v) is 2.40. The Hall–Kier alpha value is -2.43. The van der Waals surface area contributed by atoms with Crippen LogP contribution in [0, 0.1) is 0 Å². The number of rotatable bonds is 1. The molecule has 1 aromatic rings. The third-order valence-electron chi connectivity index (χ3n) is 2.40. The Kier molecular flexibility index (Phi) is 2.51. The van der Waals surface area contributed by atoms with E-state index in [0.717, 1.165) is 10.0 Å². The summed E-state index contributed by atoms with van der Waals surface area (Å²) in [7, 11) is 0. The highest BCUT2D eigenvalue weighted by Gasteiger charge is 2.42. The maximum absolute atomic E-state index is 11.8. The van der Waals surface area contributed by atoms with Crippen molar-refractivity contribution in [3.8, 4) is 0 Å². The van der Waals surface area contributed by atoms with Crippen LogP contribution in [0.25, 0.3) is 0 Å². The number of anilines is 1. The van der Waals surface area contributed by atoms with Crippen molar-refractivity contribution in [1.29, 1.82) is 0 Å². The summed E-state index contributed by atoms with van der Waals surface area (Å²) < 4.78 is 0. The van der Waals surface area contributed by atoms with E-state index in [9.17, 15) is 14.4 Å². The maximum Gasteiger partial charge on any atom is 0.285 e. The molecule has 1 saturated heterocycles. The summed E-state index contributed by atoms with van der Waals surface area (Å²) in [6.45, 7) is 4.61. The lowest BCUT2D eigenvalue weighted by Gasteiger charge is -2.24. The fourth-order valence-electron chi connectivity index (χ4n) is 1.61. The SMILES string of the molecule is C=C1C(=O)N(C(C)=O)N(c2ccccc2)C1=O. The van der Waals surface area contributed by atoms with Crippen molar-refractivity contribution in [2.75, 3.05) is 5.01 Å². The van der Waals surface area contributed by atoms with Crippen LogP contribution < -0.4 is 5.01 Å². The third kappa shape index (κ3) is 1.61. The van der Waals surface area contributed by atoms with Crippen molar-refractivity contribution in [1.82, 2.24) is 5.01 Å². The molecule has 5 heteroatoms. The Morgan fingerprint density at radius 3 is 2.24 bits per heavy atom. The molecule has 0 unspecified atom stereocenters. The summed E-state index contributed by atoms with van der Waals surface area (Å²) in [5, 5.41) is 1.83. The van der Waals surface area contributed by atoms with Gasteiger partial charge in [0.25, 0.3) is 11.8 Å². The van der Waals surface area contributed by atoms with Crippen LogP contribution in [-0.4, -0.2) is 22.7 Å². The highest BCUT2D eigenvalue weighted by atomic mass is 16.2. The molecule has 0 aliphatic carbocycles. The average Bonchev–Trinajstić information content (AvgIpc) is 2.55. The standard InChI is InChI=1S/C12H10N2O3/c1-8-11(16)13(9(2)15)14(12(8)17)10-6-4-3-5-7-10/h3-7H,1H2,2H3. The lowest BCUT2D eigenvalue weighted by atomic mass is 10.3. The first-order valence-electron chi connectivity index (χ1n) is 4.97. The molecule has 0 saturated carbocycles. The van der Waals surface area contributed by atoms with Gasteiger partial charge in [-0.15, -0.1) is 0 Å². The number of hydrogen-bond donors (Lipinski definition) is 0. The smallest absolute Gasteiger partial charge is 0.273 e. The van der Waals surface area contributed by atoms with Crippen LogP contribution in [-0.2, 0) is 14.4 Å². The second-order valence-corrected chi connectivity index (χ2v) is 3.57. The first-order chi connectivity index (χ1) is 8.04. The molecule has 2 rings (SSSR count). The van der Waals surface area contributed by atoms with Gasteiger partial charge in [-0.2, -0.15) is 5.01 Å². The van der Waals surface area contributed by atoms with Gasteiger partial charge in [-0.1, -0.05) is 24.8 Å². The summed E-state index contributed by atoms with van der Waals surface area (Å²) in [4.78, 5) is 34.9. The number of carbonyl (C=O) groups is 3. The first-order valence-corrected chi connectivity index (χ1v) is 4.97. The van der Waals surface area contributed by atoms with Crippen LogP contribution in [0.3, 0.4) is 0 Å². The number of imide groups is 1. The Labute approximate surface area is 97.9 Å². The van der Waals surface area contributed by atoms with Crippen molar-refractivity contribution in [3.05, 3.63) is 42.5 Å². The van der Waals surface area contributed by atoms with E-state index in [0.29, 0.717) is 5.69 Å². The average molecular weight is 230 g/mol. The van der Waals surface area contributed by atoms with Gasteiger partial charge in [0.05, 0.1) is 5.69 Å². The fraction of sp³-hybridized carbons (Fsp3) is 0.0833. The minimum Gasteiger partial charge on any atom is -0.273 e. The molecule has 86 valence electrons. The molecule has 3 amide bonds. The molecule has 0 aromatic heterocycles. The first kappa shape index (κ1) is 11.1. The monoisotopic (exact) mass is 230 g/mol. The Balaban J connectivity index is 2.51. The van der Waals surface area contributed by atoms with Crippen LogP contribution in [0.4, 0.5) is 5.69 Å². The molecule has 0 radical (unpaired) electrons. The fourth-order valence-corrected chi connectivity index (χ4v) is 1.61. The van der Waals surface area contributed by atoms with E-state index in [1.807, 2.05) is 0 Å². The number of para-hydroxylation sites is 1. The van der Waals surface area contributed by atoms with E-state index in [-0.39, 0.29) is 5.57 Å². The van der Waals surface area contributed by atoms with Crippen molar-refractivity contribution in [3.63, 3.8) is 0 Å². The van der Waals surface area contributed by atoms with Crippen LogP contribution in [0.1, 0.15) is 6.92 Å². The van der Waals surface area contributed by atoms with Gasteiger partial charge >= 0.3 is 0 Å². The van der Waals surface area contributed by atoms with Crippen molar-refractivity contribution < 1.29 is 14.4 Å². The molecule has 0 N–H and O–H groups in total. The van der Waals surface area contributed by atoms with Crippen LogP contribution in [0.15, 0.2) is 42.5 Å². The zero-order valence-electron chi connectivity index (χ0n) is 9.21. The van der Waals surface area contributed by atoms with E-state index >= 15 is 0 Å². The zero-order valence-corrected chi connectivity index (χ0v) is 9.21. The molecule has 0 bridgehead atoms. The molecule has 1 aliphatic rings. The van der Waals surface area contributed by atoms with E-state index in [2.05, 4.69) is 6.58 Å². The van der Waals surface area contributed by atoms with Gasteiger partial charge in [0.15, 0.2) is 0 Å². The summed E-state index contributed by atoms with van der Waals surface area (Å²) in [6, 6.07) is 8.48. The predicted octanol–water partition coefficient (Wildman–Crippen LogP) is 0.880. The minimum atomic E-state index is -0.675. The second kappa shape index (κ2) is 3.86. The summed E-state index contributed by atoms with van der Waals surface area (Å²) in [6.07, 6.45) is 0. The maximum atomic E-state index is 11.8. The van der Waals surface area contributed by atoms with Crippen LogP contribution in [0.5, 0.6) is 0 Å². The van der Waals surface area contributed by atoms with Gasteiger partial charge in [0.1, 0.15) is 5.57 Å². The summed E-state index contributed by atoms with van der Waals surface area (Å²) in [5.74, 6) is -1.77. The summed E-state index contributed by atoms with van der Waals surface area (Å²) >= 11 is 0. The number of hydrogen-bond acceptors (Lipinski definition) is 3. The number of hydrazine groups is 1. The van der Waals surface area contributed by atoms with Gasteiger partial charge < -0.3 is 0 Å². The van der Waals surface area contributed by atoms with E-state index in [1.165, 1.54) is 6.92 Å². The predicted molar refractivity (Wildman–Crippen MR) is 60.6 cm³/mol. The number of benzene rings is 1. The number of carbonyl (C=O) groups excluding carboxylic acids is 3. The van der Waals surface area contributed by atoms with Gasteiger partial charge in [0, 0.05) is 6.92 Å². The molecule has 1 fully saturated rings. The molecule has 1 aliphatic heterocycles. The molecule has 5 nitrogen and oxygen atoms in total. The largest absolute Gasteiger partial charge is 0.285 e. The van der Waals surface area contributed by atoms with E-state index in [4.69, 9.17) is 0 Å². The molecule has 1 heterocycles. The normalized spacial score (nSPS) is 15.7. The van der Waals surface area contributed by atoms with Crippen molar-refractivity contribution in [2.24, 2.45) is 0 Å². The number of amides is 3.